The molecule has 100 valence electrons. The van der Waals surface area contributed by atoms with Gasteiger partial charge in [-0.3, -0.25) is 4.68 Å². The van der Waals surface area contributed by atoms with Crippen molar-refractivity contribution in [1.82, 2.24) is 9.78 Å². The van der Waals surface area contributed by atoms with Crippen molar-refractivity contribution in [2.45, 2.75) is 25.6 Å². The topological polar surface area (TPSA) is 17.8 Å². The van der Waals surface area contributed by atoms with Gasteiger partial charge in [-0.1, -0.05) is 24.5 Å². The highest BCUT2D eigenvalue weighted by Gasteiger charge is 2.30. The molecule has 0 fully saturated rings. The summed E-state index contributed by atoms with van der Waals surface area (Å²) in [7, 11) is 1.93. The molecule has 0 radical (unpaired) electrons. The van der Waals surface area contributed by atoms with E-state index in [0.29, 0.717) is 0 Å². The standard InChI is InChI=1S/C13H14BF3N2/c1-2-12(19-8-11(14)7-18-19)9-3-5-10(6-4-9)13(15,16)17/h3-8,12H,2,14H2,1H3. The summed E-state index contributed by atoms with van der Waals surface area (Å²) in [5.41, 5.74) is 1.24. The van der Waals surface area contributed by atoms with Crippen LogP contribution in [0.3, 0.4) is 0 Å². The van der Waals surface area contributed by atoms with Gasteiger partial charge in [-0.2, -0.15) is 18.3 Å². The SMILES string of the molecule is Bc1cnn(C(CC)c2ccc(C(F)(F)F)cc2)c1. The molecule has 2 rings (SSSR count). The molecule has 0 N–H and O–H groups in total. The zero-order chi connectivity index (χ0) is 14.0. The van der Waals surface area contributed by atoms with E-state index in [0.717, 1.165) is 29.6 Å². The fourth-order valence-electron chi connectivity index (χ4n) is 2.07. The van der Waals surface area contributed by atoms with E-state index in [9.17, 15) is 13.2 Å². The normalized spacial score (nSPS) is 13.5. The second kappa shape index (κ2) is 5.11. The quantitative estimate of drug-likeness (QED) is 0.778. The van der Waals surface area contributed by atoms with Crippen molar-refractivity contribution in [2.24, 2.45) is 0 Å². The van der Waals surface area contributed by atoms with Gasteiger partial charge in [0, 0.05) is 12.4 Å². The minimum atomic E-state index is -4.29. The van der Waals surface area contributed by atoms with E-state index >= 15 is 0 Å². The average molecular weight is 266 g/mol. The van der Waals surface area contributed by atoms with Gasteiger partial charge in [0.2, 0.25) is 0 Å². The number of benzene rings is 1. The van der Waals surface area contributed by atoms with Gasteiger partial charge in [0.25, 0.3) is 0 Å². The van der Waals surface area contributed by atoms with Crippen molar-refractivity contribution >= 4 is 13.3 Å². The van der Waals surface area contributed by atoms with E-state index < -0.39 is 11.7 Å². The first-order valence-electron chi connectivity index (χ1n) is 6.09. The molecular formula is C13H14BF3N2. The maximum absolute atomic E-state index is 12.5. The number of nitrogens with zero attached hydrogens (tertiary/aromatic N) is 2. The molecule has 0 aliphatic heterocycles. The molecule has 2 nitrogen and oxygen atoms in total. The van der Waals surface area contributed by atoms with Crippen molar-refractivity contribution in [3.05, 3.63) is 47.8 Å². The smallest absolute Gasteiger partial charge is 0.266 e. The zero-order valence-corrected chi connectivity index (χ0v) is 10.8. The number of aromatic nitrogens is 2. The molecule has 0 spiro atoms. The van der Waals surface area contributed by atoms with Crippen LogP contribution in [-0.4, -0.2) is 17.6 Å². The monoisotopic (exact) mass is 266 g/mol. The van der Waals surface area contributed by atoms with Gasteiger partial charge in [-0.25, -0.2) is 0 Å². The molecule has 19 heavy (non-hydrogen) atoms. The molecule has 1 heterocycles. The molecule has 0 bridgehead atoms. The largest absolute Gasteiger partial charge is 0.416 e. The Morgan fingerprint density at radius 2 is 1.89 bits per heavy atom. The van der Waals surface area contributed by atoms with Crippen LogP contribution in [0.15, 0.2) is 36.7 Å². The third-order valence-electron chi connectivity index (χ3n) is 3.06. The van der Waals surface area contributed by atoms with E-state index in [1.807, 2.05) is 21.0 Å². The molecule has 1 aromatic carbocycles. The molecule has 6 heteroatoms. The maximum Gasteiger partial charge on any atom is 0.416 e. The summed E-state index contributed by atoms with van der Waals surface area (Å²) < 4.78 is 39.3. The number of rotatable bonds is 3. The predicted molar refractivity (Wildman–Crippen MR) is 70.3 cm³/mol. The van der Waals surface area contributed by atoms with Crippen LogP contribution in [0, 0.1) is 0 Å². The first kappa shape index (κ1) is 13.7. The lowest BCUT2D eigenvalue weighted by Crippen LogP contribution is -2.12. The zero-order valence-electron chi connectivity index (χ0n) is 10.8. The summed E-state index contributed by atoms with van der Waals surface area (Å²) in [6, 6.07) is 5.25. The third kappa shape index (κ3) is 3.00. The molecule has 0 aliphatic carbocycles. The average Bonchev–Trinajstić information content (AvgIpc) is 2.76. The summed E-state index contributed by atoms with van der Waals surface area (Å²) in [4.78, 5) is 0. The lowest BCUT2D eigenvalue weighted by molar-refractivity contribution is -0.137. The molecular weight excluding hydrogens is 252 g/mol. The van der Waals surface area contributed by atoms with E-state index in [1.54, 1.807) is 10.9 Å². The van der Waals surface area contributed by atoms with Crippen molar-refractivity contribution in [3.8, 4) is 0 Å². The van der Waals surface area contributed by atoms with Gasteiger partial charge in [0.05, 0.1) is 11.6 Å². The molecule has 0 aliphatic rings. The van der Waals surface area contributed by atoms with Gasteiger partial charge in [0.15, 0.2) is 0 Å². The summed E-state index contributed by atoms with van der Waals surface area (Å²) >= 11 is 0. The number of alkyl halides is 3. The molecule has 1 unspecified atom stereocenters. The van der Waals surface area contributed by atoms with E-state index in [2.05, 4.69) is 5.10 Å². The predicted octanol–water partition coefficient (Wildman–Crippen LogP) is 2.16. The summed E-state index contributed by atoms with van der Waals surface area (Å²) in [5.74, 6) is 0. The lowest BCUT2D eigenvalue weighted by atomic mass is 10.0. The Bertz CT molecular complexity index is 546. The van der Waals surface area contributed by atoms with E-state index in [-0.39, 0.29) is 6.04 Å². The number of hydrogen-bond donors (Lipinski definition) is 0. The Hall–Kier alpha value is -1.72. The number of hydrogen-bond acceptors (Lipinski definition) is 1. The Balaban J connectivity index is 2.30. The molecule has 2 aromatic rings. The van der Waals surface area contributed by atoms with E-state index in [4.69, 9.17) is 0 Å². The summed E-state index contributed by atoms with van der Waals surface area (Å²) in [5, 5.41) is 4.23. The Kier molecular flexibility index (Phi) is 3.69. The first-order chi connectivity index (χ1) is 8.91. The lowest BCUT2D eigenvalue weighted by Gasteiger charge is -2.17. The van der Waals surface area contributed by atoms with Gasteiger partial charge >= 0.3 is 6.18 Å². The van der Waals surface area contributed by atoms with Crippen LogP contribution in [0.2, 0.25) is 0 Å². The van der Waals surface area contributed by atoms with Crippen molar-refractivity contribution in [2.75, 3.05) is 0 Å². The fourth-order valence-corrected chi connectivity index (χ4v) is 2.07. The second-order valence-corrected chi connectivity index (χ2v) is 4.54. The Morgan fingerprint density at radius 1 is 1.26 bits per heavy atom. The van der Waals surface area contributed by atoms with Crippen LogP contribution >= 0.6 is 0 Å². The molecule has 0 amide bonds. The van der Waals surface area contributed by atoms with Crippen molar-refractivity contribution in [3.63, 3.8) is 0 Å². The first-order valence-corrected chi connectivity index (χ1v) is 6.09. The highest BCUT2D eigenvalue weighted by atomic mass is 19.4. The number of halogens is 3. The van der Waals surface area contributed by atoms with Crippen LogP contribution in [0.5, 0.6) is 0 Å². The minimum Gasteiger partial charge on any atom is -0.266 e. The molecule has 0 saturated carbocycles. The van der Waals surface area contributed by atoms with Gasteiger partial charge in [-0.05, 0) is 24.1 Å². The highest BCUT2D eigenvalue weighted by Crippen LogP contribution is 2.30. The van der Waals surface area contributed by atoms with Crippen LogP contribution in [0.25, 0.3) is 0 Å². The van der Waals surface area contributed by atoms with Crippen LogP contribution in [0.4, 0.5) is 13.2 Å². The fraction of sp³-hybridized carbons (Fsp3) is 0.308. The second-order valence-electron chi connectivity index (χ2n) is 4.54. The summed E-state index contributed by atoms with van der Waals surface area (Å²) in [6.45, 7) is 1.99. The Morgan fingerprint density at radius 3 is 2.32 bits per heavy atom. The Labute approximate surface area is 110 Å². The molecule has 1 aromatic heterocycles. The molecule has 0 saturated heterocycles. The summed E-state index contributed by atoms with van der Waals surface area (Å²) in [6.07, 6.45) is 0.119. The highest BCUT2D eigenvalue weighted by molar-refractivity contribution is 6.31. The van der Waals surface area contributed by atoms with Crippen LogP contribution in [0.1, 0.15) is 30.5 Å². The molecule has 1 atom stereocenters. The van der Waals surface area contributed by atoms with Gasteiger partial charge in [0.1, 0.15) is 7.85 Å². The van der Waals surface area contributed by atoms with E-state index in [1.165, 1.54) is 12.1 Å². The van der Waals surface area contributed by atoms with Crippen molar-refractivity contribution in [1.29, 1.82) is 0 Å². The maximum atomic E-state index is 12.5. The third-order valence-corrected chi connectivity index (χ3v) is 3.06. The van der Waals surface area contributed by atoms with Crippen LogP contribution in [-0.2, 0) is 6.18 Å². The minimum absolute atomic E-state index is 0.0315. The van der Waals surface area contributed by atoms with Crippen LogP contribution < -0.4 is 5.46 Å². The van der Waals surface area contributed by atoms with Gasteiger partial charge < -0.3 is 0 Å². The van der Waals surface area contributed by atoms with Gasteiger partial charge in [-0.15, -0.1) is 0 Å². The van der Waals surface area contributed by atoms with Crippen molar-refractivity contribution < 1.29 is 13.2 Å².